The Hall–Kier alpha value is -2.15. The van der Waals surface area contributed by atoms with Gasteiger partial charge in [-0.15, -0.1) is 11.3 Å². The van der Waals surface area contributed by atoms with Gasteiger partial charge in [-0.2, -0.15) is 0 Å². The zero-order valence-electron chi connectivity index (χ0n) is 13.8. The molecule has 2 aromatic rings. The van der Waals surface area contributed by atoms with Crippen molar-refractivity contribution in [1.29, 1.82) is 0 Å². The minimum Gasteiger partial charge on any atom is -0.405 e. The number of amides is 1. The predicted octanol–water partition coefficient (Wildman–Crippen LogP) is 2.00. The third-order valence-corrected chi connectivity index (χ3v) is 4.48. The van der Waals surface area contributed by atoms with Crippen LogP contribution in [0.1, 0.15) is 15.2 Å². The first-order valence-corrected chi connectivity index (χ1v) is 8.79. The molecule has 128 valence electrons. The van der Waals surface area contributed by atoms with E-state index < -0.39 is 0 Å². The molecule has 0 radical (unpaired) electrons. The lowest BCUT2D eigenvalue weighted by Crippen LogP contribution is -2.48. The number of nitrogens with zero attached hydrogens (tertiary/aromatic N) is 1. The molecule has 0 aliphatic rings. The number of rotatable bonds is 9. The number of hydrogen-bond acceptors (Lipinski definition) is 5. The van der Waals surface area contributed by atoms with Crippen molar-refractivity contribution in [2.24, 2.45) is 5.73 Å². The number of carbonyl (C=O) groups excluding carboxylic acids is 1. The van der Waals surface area contributed by atoms with Gasteiger partial charge < -0.3 is 16.0 Å². The fourth-order valence-corrected chi connectivity index (χ4v) is 3.08. The molecule has 2 rings (SSSR count). The lowest BCUT2D eigenvalue weighted by atomic mass is 10.2. The van der Waals surface area contributed by atoms with E-state index in [-0.39, 0.29) is 12.1 Å². The second kappa shape index (κ2) is 9.87. The summed E-state index contributed by atoms with van der Waals surface area (Å²) in [5.74, 6) is 0.00367. The molecule has 24 heavy (non-hydrogen) atoms. The molecule has 0 bridgehead atoms. The predicted molar refractivity (Wildman–Crippen MR) is 99.7 cm³/mol. The van der Waals surface area contributed by atoms with Crippen LogP contribution < -0.4 is 16.4 Å². The van der Waals surface area contributed by atoms with E-state index in [0.29, 0.717) is 13.1 Å². The monoisotopic (exact) mass is 344 g/mol. The molecule has 0 aliphatic heterocycles. The SMILES string of the molecule is CNC(/C=C\N)N(CCNCc1ccccc1)C(=O)c1cccs1. The lowest BCUT2D eigenvalue weighted by Gasteiger charge is -2.29. The Labute approximate surface area is 147 Å². The number of hydrogen-bond donors (Lipinski definition) is 3. The minimum absolute atomic E-state index is 0.00367. The Morgan fingerprint density at radius 1 is 1.29 bits per heavy atom. The molecular weight excluding hydrogens is 320 g/mol. The summed E-state index contributed by atoms with van der Waals surface area (Å²) in [6.45, 7) is 2.06. The summed E-state index contributed by atoms with van der Waals surface area (Å²) < 4.78 is 0. The van der Waals surface area contributed by atoms with E-state index >= 15 is 0 Å². The highest BCUT2D eigenvalue weighted by Crippen LogP contribution is 2.13. The molecule has 1 amide bonds. The van der Waals surface area contributed by atoms with Gasteiger partial charge in [-0.3, -0.25) is 10.1 Å². The van der Waals surface area contributed by atoms with Gasteiger partial charge in [0.05, 0.1) is 4.88 Å². The third-order valence-electron chi connectivity index (χ3n) is 3.62. The number of benzene rings is 1. The third kappa shape index (κ3) is 5.19. The molecule has 5 nitrogen and oxygen atoms in total. The topological polar surface area (TPSA) is 70.4 Å². The molecule has 1 unspecified atom stereocenters. The zero-order valence-corrected chi connectivity index (χ0v) is 14.6. The molecule has 6 heteroatoms. The molecule has 4 N–H and O–H groups in total. The zero-order chi connectivity index (χ0) is 17.2. The van der Waals surface area contributed by atoms with E-state index in [1.54, 1.807) is 11.0 Å². The van der Waals surface area contributed by atoms with Crippen LogP contribution in [0.3, 0.4) is 0 Å². The standard InChI is InChI=1S/C18H24N4OS/c1-20-17(9-10-19)22(18(23)16-8-5-13-24-16)12-11-21-14-15-6-3-2-4-7-15/h2-10,13,17,20-21H,11-12,14,19H2,1H3/b10-9-. The Morgan fingerprint density at radius 3 is 2.71 bits per heavy atom. The average Bonchev–Trinajstić information content (AvgIpc) is 3.15. The normalized spacial score (nSPS) is 12.4. The summed E-state index contributed by atoms with van der Waals surface area (Å²) in [6, 6.07) is 13.9. The number of thiophene rings is 1. The van der Waals surface area contributed by atoms with Gasteiger partial charge in [-0.25, -0.2) is 0 Å². The fraction of sp³-hybridized carbons (Fsp3) is 0.278. The van der Waals surface area contributed by atoms with Crippen molar-refractivity contribution < 1.29 is 4.79 Å². The van der Waals surface area contributed by atoms with Gasteiger partial charge in [0.1, 0.15) is 6.17 Å². The molecular formula is C18H24N4OS. The average molecular weight is 344 g/mol. The van der Waals surface area contributed by atoms with Gasteiger partial charge in [0.25, 0.3) is 5.91 Å². The van der Waals surface area contributed by atoms with Gasteiger partial charge >= 0.3 is 0 Å². The van der Waals surface area contributed by atoms with Crippen LogP contribution in [0.2, 0.25) is 0 Å². The summed E-state index contributed by atoms with van der Waals surface area (Å²) in [6.07, 6.45) is 3.01. The van der Waals surface area contributed by atoms with E-state index in [4.69, 9.17) is 5.73 Å². The molecule has 1 aromatic heterocycles. The Kier molecular flexibility index (Phi) is 7.48. The Morgan fingerprint density at radius 2 is 2.08 bits per heavy atom. The highest BCUT2D eigenvalue weighted by atomic mass is 32.1. The van der Waals surface area contributed by atoms with Crippen LogP contribution in [0.25, 0.3) is 0 Å². The maximum atomic E-state index is 12.7. The Bertz CT molecular complexity index is 628. The summed E-state index contributed by atoms with van der Waals surface area (Å²) >= 11 is 1.45. The van der Waals surface area contributed by atoms with Gasteiger partial charge in [-0.1, -0.05) is 36.4 Å². The van der Waals surface area contributed by atoms with E-state index in [9.17, 15) is 4.79 Å². The fourth-order valence-electron chi connectivity index (χ4n) is 2.40. The number of nitrogens with two attached hydrogens (primary N) is 1. The summed E-state index contributed by atoms with van der Waals surface area (Å²) in [4.78, 5) is 15.2. The first-order chi connectivity index (χ1) is 11.8. The molecule has 0 spiro atoms. The molecule has 0 saturated carbocycles. The number of nitrogens with one attached hydrogen (secondary N) is 2. The molecule has 0 saturated heterocycles. The van der Waals surface area contributed by atoms with E-state index in [2.05, 4.69) is 22.8 Å². The summed E-state index contributed by atoms with van der Waals surface area (Å²) in [7, 11) is 1.82. The molecule has 1 heterocycles. The second-order valence-electron chi connectivity index (χ2n) is 5.26. The smallest absolute Gasteiger partial charge is 0.265 e. The van der Waals surface area contributed by atoms with Crippen LogP contribution in [-0.2, 0) is 6.54 Å². The summed E-state index contributed by atoms with van der Waals surface area (Å²) in [5.41, 5.74) is 6.74. The van der Waals surface area contributed by atoms with Crippen LogP contribution >= 0.6 is 11.3 Å². The van der Waals surface area contributed by atoms with Crippen molar-refractivity contribution in [3.05, 3.63) is 70.6 Å². The van der Waals surface area contributed by atoms with Crippen LogP contribution in [0.4, 0.5) is 0 Å². The molecule has 1 atom stereocenters. The first-order valence-electron chi connectivity index (χ1n) is 7.91. The number of likely N-dealkylation sites (N-methyl/N-ethyl adjacent to an activating group) is 1. The second-order valence-corrected chi connectivity index (χ2v) is 6.20. The maximum absolute atomic E-state index is 12.7. The summed E-state index contributed by atoms with van der Waals surface area (Å²) in [5, 5.41) is 8.41. The minimum atomic E-state index is -0.233. The van der Waals surface area contributed by atoms with Crippen LogP contribution in [0.15, 0.2) is 60.1 Å². The van der Waals surface area contributed by atoms with Gasteiger partial charge in [-0.05, 0) is 36.3 Å². The van der Waals surface area contributed by atoms with Crippen molar-refractivity contribution in [2.75, 3.05) is 20.1 Å². The van der Waals surface area contributed by atoms with E-state index in [1.807, 2.05) is 42.8 Å². The highest BCUT2D eigenvalue weighted by molar-refractivity contribution is 7.12. The van der Waals surface area contributed by atoms with Crippen molar-refractivity contribution in [1.82, 2.24) is 15.5 Å². The van der Waals surface area contributed by atoms with Crippen molar-refractivity contribution in [3.8, 4) is 0 Å². The van der Waals surface area contributed by atoms with Gasteiger partial charge in [0.15, 0.2) is 0 Å². The van der Waals surface area contributed by atoms with Crippen LogP contribution in [-0.4, -0.2) is 37.1 Å². The van der Waals surface area contributed by atoms with E-state index in [0.717, 1.165) is 11.4 Å². The van der Waals surface area contributed by atoms with Crippen LogP contribution in [0, 0.1) is 0 Å². The lowest BCUT2D eigenvalue weighted by molar-refractivity contribution is 0.0699. The van der Waals surface area contributed by atoms with Gasteiger partial charge in [0, 0.05) is 19.6 Å². The molecule has 0 aliphatic carbocycles. The van der Waals surface area contributed by atoms with Crippen LogP contribution in [0.5, 0.6) is 0 Å². The maximum Gasteiger partial charge on any atom is 0.265 e. The molecule has 0 fully saturated rings. The van der Waals surface area contributed by atoms with Crippen molar-refractivity contribution in [3.63, 3.8) is 0 Å². The largest absolute Gasteiger partial charge is 0.405 e. The van der Waals surface area contributed by atoms with Crippen molar-refractivity contribution >= 4 is 17.2 Å². The first kappa shape index (κ1) is 18.2. The molecule has 1 aromatic carbocycles. The number of carbonyl (C=O) groups is 1. The quantitative estimate of drug-likeness (QED) is 0.481. The van der Waals surface area contributed by atoms with Gasteiger partial charge in [0.2, 0.25) is 0 Å². The Balaban J connectivity index is 1.96. The highest BCUT2D eigenvalue weighted by Gasteiger charge is 2.22. The van der Waals surface area contributed by atoms with E-state index in [1.165, 1.54) is 23.1 Å². The van der Waals surface area contributed by atoms with Crippen molar-refractivity contribution in [2.45, 2.75) is 12.7 Å².